The van der Waals surface area contributed by atoms with Crippen molar-refractivity contribution in [2.75, 3.05) is 0 Å². The number of hydrogen-bond donors (Lipinski definition) is 1. The van der Waals surface area contributed by atoms with E-state index in [0.29, 0.717) is 16.7 Å². The van der Waals surface area contributed by atoms with Gasteiger partial charge in [-0.3, -0.25) is 19.7 Å². The van der Waals surface area contributed by atoms with Crippen molar-refractivity contribution in [2.45, 2.75) is 26.4 Å². The summed E-state index contributed by atoms with van der Waals surface area (Å²) in [6.07, 6.45) is 0. The first kappa shape index (κ1) is 18.2. The second kappa shape index (κ2) is 7.36. The molecule has 0 atom stereocenters. The van der Waals surface area contributed by atoms with Crippen LogP contribution in [0.1, 0.15) is 30.0 Å². The summed E-state index contributed by atoms with van der Waals surface area (Å²) in [5.74, 6) is -0.174. The molecule has 0 aliphatic heterocycles. The lowest BCUT2D eigenvalue weighted by molar-refractivity contribution is -0.385. The van der Waals surface area contributed by atoms with Gasteiger partial charge in [0.1, 0.15) is 11.4 Å². The van der Waals surface area contributed by atoms with E-state index < -0.39 is 10.8 Å². The van der Waals surface area contributed by atoms with Gasteiger partial charge in [0.25, 0.3) is 17.2 Å². The van der Waals surface area contributed by atoms with Gasteiger partial charge < -0.3 is 9.88 Å². The molecule has 3 rings (SSSR count). The van der Waals surface area contributed by atoms with E-state index in [9.17, 15) is 19.7 Å². The van der Waals surface area contributed by atoms with Crippen LogP contribution in [0.2, 0.25) is 0 Å². The zero-order valence-corrected chi connectivity index (χ0v) is 14.9. The number of fused-ring (bicyclic) bond motifs is 1. The summed E-state index contributed by atoms with van der Waals surface area (Å²) in [4.78, 5) is 44.4. The molecule has 0 bridgehead atoms. The van der Waals surface area contributed by atoms with Gasteiger partial charge >= 0.3 is 0 Å². The van der Waals surface area contributed by atoms with Crippen LogP contribution in [-0.4, -0.2) is 31.7 Å². The van der Waals surface area contributed by atoms with Crippen molar-refractivity contribution in [3.8, 4) is 0 Å². The van der Waals surface area contributed by atoms with Gasteiger partial charge in [0, 0.05) is 12.1 Å². The lowest BCUT2D eigenvalue weighted by atomic mass is 10.1. The summed E-state index contributed by atoms with van der Waals surface area (Å²) in [5, 5.41) is 11.7. The molecule has 0 unspecified atom stereocenters. The lowest BCUT2D eigenvalue weighted by Gasteiger charge is -2.26. The quantitative estimate of drug-likeness (QED) is 0.551. The summed E-state index contributed by atoms with van der Waals surface area (Å²) in [7, 11) is 0. The second-order valence-electron chi connectivity index (χ2n) is 6.33. The Labute approximate surface area is 154 Å². The molecule has 2 aromatic carbocycles. The fourth-order valence-corrected chi connectivity index (χ4v) is 2.83. The monoisotopic (exact) mass is 366 g/mol. The van der Waals surface area contributed by atoms with Crippen LogP contribution in [0.5, 0.6) is 0 Å². The Morgan fingerprint density at radius 1 is 1.19 bits per heavy atom. The van der Waals surface area contributed by atoms with Gasteiger partial charge in [-0.2, -0.15) is 0 Å². The molecule has 0 fully saturated rings. The van der Waals surface area contributed by atoms with Crippen molar-refractivity contribution in [2.24, 2.45) is 0 Å². The molecule has 0 radical (unpaired) electrons. The third kappa shape index (κ3) is 3.69. The fraction of sp³-hybridized carbons (Fsp3) is 0.211. The largest absolute Gasteiger partial charge is 0.329 e. The maximum Gasteiger partial charge on any atom is 0.282 e. The Morgan fingerprint density at radius 2 is 1.85 bits per heavy atom. The van der Waals surface area contributed by atoms with E-state index in [1.165, 1.54) is 23.1 Å². The number of carbonyl (C=O) groups is 1. The van der Waals surface area contributed by atoms with Gasteiger partial charge in [-0.25, -0.2) is 4.98 Å². The topological polar surface area (TPSA) is 109 Å². The number of hydrogen-bond acceptors (Lipinski definition) is 5. The van der Waals surface area contributed by atoms with Crippen LogP contribution in [0.3, 0.4) is 0 Å². The maximum absolute atomic E-state index is 13.0. The molecule has 1 heterocycles. The van der Waals surface area contributed by atoms with E-state index >= 15 is 0 Å². The number of para-hydroxylation sites is 2. The minimum Gasteiger partial charge on any atom is -0.329 e. The van der Waals surface area contributed by atoms with Crippen molar-refractivity contribution in [1.82, 2.24) is 14.9 Å². The van der Waals surface area contributed by atoms with E-state index in [1.807, 2.05) is 0 Å². The number of nitro benzene ring substituents is 1. The zero-order chi connectivity index (χ0) is 19.6. The summed E-state index contributed by atoms with van der Waals surface area (Å²) in [5.41, 5.74) is -0.0250. The van der Waals surface area contributed by atoms with Gasteiger partial charge in [0.15, 0.2) is 0 Å². The van der Waals surface area contributed by atoms with E-state index in [-0.39, 0.29) is 29.4 Å². The predicted octanol–water partition coefficient (Wildman–Crippen LogP) is 2.88. The first-order valence-electron chi connectivity index (χ1n) is 8.41. The van der Waals surface area contributed by atoms with E-state index in [0.717, 1.165) is 0 Å². The molecule has 8 heteroatoms. The Bertz CT molecular complexity index is 1070. The molecule has 0 saturated heterocycles. The predicted molar refractivity (Wildman–Crippen MR) is 100 cm³/mol. The Kier molecular flexibility index (Phi) is 4.98. The van der Waals surface area contributed by atoms with Crippen LogP contribution in [0.15, 0.2) is 53.3 Å². The average molecular weight is 366 g/mol. The summed E-state index contributed by atoms with van der Waals surface area (Å²) in [6.45, 7) is 3.63. The molecular weight excluding hydrogens is 348 g/mol. The van der Waals surface area contributed by atoms with E-state index in [4.69, 9.17) is 0 Å². The van der Waals surface area contributed by atoms with Crippen molar-refractivity contribution in [3.63, 3.8) is 0 Å². The zero-order valence-electron chi connectivity index (χ0n) is 14.9. The van der Waals surface area contributed by atoms with Crippen LogP contribution in [0.25, 0.3) is 10.9 Å². The van der Waals surface area contributed by atoms with Gasteiger partial charge in [0.05, 0.1) is 22.4 Å². The molecule has 0 saturated carbocycles. The number of H-pyrrole nitrogens is 1. The normalized spacial score (nSPS) is 10.9. The number of carbonyl (C=O) groups excluding carboxylic acids is 1. The first-order valence-corrected chi connectivity index (χ1v) is 8.41. The highest BCUT2D eigenvalue weighted by Gasteiger charge is 2.26. The van der Waals surface area contributed by atoms with Gasteiger partial charge in [-0.15, -0.1) is 0 Å². The van der Waals surface area contributed by atoms with E-state index in [2.05, 4.69) is 9.97 Å². The molecule has 138 valence electrons. The molecule has 0 aliphatic rings. The lowest BCUT2D eigenvalue weighted by Crippen LogP contribution is -2.37. The van der Waals surface area contributed by atoms with Gasteiger partial charge in [-0.05, 0) is 32.0 Å². The van der Waals surface area contributed by atoms with Crippen molar-refractivity contribution in [3.05, 3.63) is 80.4 Å². The highest BCUT2D eigenvalue weighted by Crippen LogP contribution is 2.21. The van der Waals surface area contributed by atoms with Crippen LogP contribution < -0.4 is 5.56 Å². The van der Waals surface area contributed by atoms with Crippen LogP contribution in [0.4, 0.5) is 5.69 Å². The third-order valence-corrected chi connectivity index (χ3v) is 4.20. The number of nitrogens with zero attached hydrogens (tertiary/aromatic N) is 3. The van der Waals surface area contributed by atoms with Crippen molar-refractivity contribution in [1.29, 1.82) is 0 Å². The SMILES string of the molecule is CC(C)N(Cc1nc2ccccc2c(=O)[nH]1)C(=O)c1ccccc1[N+](=O)[O-]. The maximum atomic E-state index is 13.0. The van der Waals surface area contributed by atoms with Crippen molar-refractivity contribution >= 4 is 22.5 Å². The number of nitro groups is 1. The average Bonchev–Trinajstić information content (AvgIpc) is 2.65. The number of benzene rings is 2. The van der Waals surface area contributed by atoms with Gasteiger partial charge in [0.2, 0.25) is 0 Å². The number of aromatic nitrogens is 2. The molecule has 1 aromatic heterocycles. The molecule has 1 amide bonds. The van der Waals surface area contributed by atoms with Gasteiger partial charge in [-0.1, -0.05) is 24.3 Å². The van der Waals surface area contributed by atoms with Crippen LogP contribution >= 0.6 is 0 Å². The number of aromatic amines is 1. The summed E-state index contributed by atoms with van der Waals surface area (Å²) >= 11 is 0. The van der Waals surface area contributed by atoms with E-state index in [1.54, 1.807) is 44.2 Å². The molecular formula is C19H18N4O4. The number of rotatable bonds is 5. The summed E-state index contributed by atoms with van der Waals surface area (Å²) < 4.78 is 0. The highest BCUT2D eigenvalue weighted by atomic mass is 16.6. The summed E-state index contributed by atoms with van der Waals surface area (Å²) in [6, 6.07) is 12.5. The minimum absolute atomic E-state index is 0.000615. The molecule has 1 N–H and O–H groups in total. The number of nitrogens with one attached hydrogen (secondary N) is 1. The molecule has 8 nitrogen and oxygen atoms in total. The Morgan fingerprint density at radius 3 is 2.56 bits per heavy atom. The first-order chi connectivity index (χ1) is 12.9. The van der Waals surface area contributed by atoms with Crippen LogP contribution in [-0.2, 0) is 6.54 Å². The van der Waals surface area contributed by atoms with Crippen LogP contribution in [0, 0.1) is 10.1 Å². The fourth-order valence-electron chi connectivity index (χ4n) is 2.83. The minimum atomic E-state index is -0.581. The standard InChI is InChI=1S/C19H18N4O4/c1-12(2)22(19(25)14-8-4-6-10-16(14)23(26)27)11-17-20-15-9-5-3-7-13(15)18(24)21-17/h3-10,12H,11H2,1-2H3,(H,20,21,24). The Hall–Kier alpha value is -3.55. The van der Waals surface area contributed by atoms with Crippen molar-refractivity contribution < 1.29 is 9.72 Å². The molecule has 0 aliphatic carbocycles. The Balaban J connectivity index is 1.99. The smallest absolute Gasteiger partial charge is 0.282 e. The third-order valence-electron chi connectivity index (χ3n) is 4.20. The highest BCUT2D eigenvalue weighted by molar-refractivity contribution is 5.98. The molecule has 27 heavy (non-hydrogen) atoms. The number of amides is 1. The molecule has 0 spiro atoms. The second-order valence-corrected chi connectivity index (χ2v) is 6.33. The molecule has 3 aromatic rings.